The molecule has 0 atom stereocenters. The quantitative estimate of drug-likeness (QED) is 0.515. The number of hydrogen-bond acceptors (Lipinski definition) is 2. The number of para-hydroxylation sites is 3. The zero-order valence-electron chi connectivity index (χ0n) is 15.5. The summed E-state index contributed by atoms with van der Waals surface area (Å²) in [5.74, 6) is 2.81. The van der Waals surface area contributed by atoms with Crippen LogP contribution in [0.3, 0.4) is 0 Å². The Morgan fingerprint density at radius 3 is 2.56 bits per heavy atom. The number of rotatable bonds is 8. The van der Waals surface area contributed by atoms with Crippen LogP contribution in [-0.2, 0) is 13.0 Å². The molecule has 25 heavy (non-hydrogen) atoms. The molecule has 0 radical (unpaired) electrons. The van der Waals surface area contributed by atoms with Crippen LogP contribution in [0.4, 0.5) is 0 Å². The smallest absolute Gasteiger partial charge is 0.122 e. The van der Waals surface area contributed by atoms with Crippen molar-refractivity contribution in [1.29, 1.82) is 0 Å². The zero-order valence-corrected chi connectivity index (χ0v) is 15.5. The monoisotopic (exact) mass is 336 g/mol. The van der Waals surface area contributed by atoms with Gasteiger partial charge in [-0.25, -0.2) is 4.98 Å². The molecule has 0 spiro atoms. The summed E-state index contributed by atoms with van der Waals surface area (Å²) >= 11 is 0. The van der Waals surface area contributed by atoms with Gasteiger partial charge in [-0.2, -0.15) is 0 Å². The molecule has 1 heterocycles. The lowest BCUT2D eigenvalue weighted by atomic mass is 10.1. The molecule has 0 fully saturated rings. The van der Waals surface area contributed by atoms with E-state index in [1.165, 1.54) is 16.9 Å². The van der Waals surface area contributed by atoms with E-state index in [1.54, 1.807) is 0 Å². The molecule has 0 saturated carbocycles. The minimum absolute atomic E-state index is 0.611. The van der Waals surface area contributed by atoms with Gasteiger partial charge >= 0.3 is 0 Å². The third-order valence-corrected chi connectivity index (χ3v) is 4.45. The maximum Gasteiger partial charge on any atom is 0.122 e. The first-order chi connectivity index (χ1) is 12.1. The third-order valence-electron chi connectivity index (χ3n) is 4.45. The first kappa shape index (κ1) is 17.5. The van der Waals surface area contributed by atoms with Crippen LogP contribution in [0.1, 0.15) is 38.1 Å². The van der Waals surface area contributed by atoms with E-state index in [9.17, 15) is 0 Å². The van der Waals surface area contributed by atoms with Crippen molar-refractivity contribution in [2.45, 2.75) is 46.6 Å². The molecule has 3 rings (SSSR count). The van der Waals surface area contributed by atoms with Gasteiger partial charge in [0.25, 0.3) is 0 Å². The Balaban J connectivity index is 1.60. The predicted octanol–water partition coefficient (Wildman–Crippen LogP) is 5.40. The number of nitrogens with zero attached hydrogens (tertiary/aromatic N) is 2. The molecule has 0 amide bonds. The van der Waals surface area contributed by atoms with E-state index < -0.39 is 0 Å². The average molecular weight is 336 g/mol. The third kappa shape index (κ3) is 4.41. The van der Waals surface area contributed by atoms with Crippen LogP contribution < -0.4 is 4.74 Å². The molecule has 0 aliphatic heterocycles. The summed E-state index contributed by atoms with van der Waals surface area (Å²) in [6, 6.07) is 16.6. The van der Waals surface area contributed by atoms with Gasteiger partial charge in [-0.1, -0.05) is 44.2 Å². The number of fused-ring (bicyclic) bond motifs is 1. The number of aryl methyl sites for hydroxylation is 2. The summed E-state index contributed by atoms with van der Waals surface area (Å²) in [6.45, 7) is 8.35. The fourth-order valence-electron chi connectivity index (χ4n) is 3.17. The number of hydrogen-bond donors (Lipinski definition) is 0. The Morgan fingerprint density at radius 2 is 1.76 bits per heavy atom. The average Bonchev–Trinajstić information content (AvgIpc) is 2.93. The summed E-state index contributed by atoms with van der Waals surface area (Å²) < 4.78 is 8.31. The van der Waals surface area contributed by atoms with Gasteiger partial charge in [0.1, 0.15) is 11.6 Å². The molecule has 3 heteroatoms. The van der Waals surface area contributed by atoms with Gasteiger partial charge in [0.2, 0.25) is 0 Å². The maximum atomic E-state index is 5.91. The summed E-state index contributed by atoms with van der Waals surface area (Å²) in [6.07, 6.45) is 3.16. The van der Waals surface area contributed by atoms with Crippen LogP contribution in [0.25, 0.3) is 11.0 Å². The Bertz CT molecular complexity index is 820. The maximum absolute atomic E-state index is 5.91. The molecule has 0 unspecified atom stereocenters. The van der Waals surface area contributed by atoms with E-state index in [2.05, 4.69) is 55.7 Å². The van der Waals surface area contributed by atoms with Crippen LogP contribution in [-0.4, -0.2) is 16.2 Å². The van der Waals surface area contributed by atoms with Crippen molar-refractivity contribution < 1.29 is 4.74 Å². The Labute approximate surface area is 150 Å². The number of benzene rings is 2. The van der Waals surface area contributed by atoms with Gasteiger partial charge in [0.05, 0.1) is 17.6 Å². The van der Waals surface area contributed by atoms with Crippen molar-refractivity contribution in [1.82, 2.24) is 9.55 Å². The number of ether oxygens (including phenoxy) is 1. The van der Waals surface area contributed by atoms with E-state index in [0.717, 1.165) is 43.7 Å². The molecule has 0 N–H and O–H groups in total. The van der Waals surface area contributed by atoms with Crippen LogP contribution in [0.2, 0.25) is 0 Å². The number of aromatic nitrogens is 2. The Morgan fingerprint density at radius 1 is 1.00 bits per heavy atom. The number of unbranched alkanes of at least 4 members (excludes halogenated alkanes) is 1. The molecule has 0 bridgehead atoms. The van der Waals surface area contributed by atoms with Crippen LogP contribution in [0.5, 0.6) is 5.75 Å². The first-order valence-corrected chi connectivity index (χ1v) is 9.27. The molecular formula is C22H28N2O. The standard InChI is InChI=1S/C22H28N2O/c1-17(2)16-22-23-19-11-5-6-12-20(19)24(22)14-8-9-15-25-21-13-7-4-10-18(21)3/h4-7,10-13,17H,8-9,14-16H2,1-3H3. The molecular weight excluding hydrogens is 308 g/mol. The van der Waals surface area contributed by atoms with Gasteiger partial charge in [-0.3, -0.25) is 0 Å². The van der Waals surface area contributed by atoms with Crippen molar-refractivity contribution >= 4 is 11.0 Å². The van der Waals surface area contributed by atoms with E-state index in [0.29, 0.717) is 5.92 Å². The molecule has 1 aromatic heterocycles. The highest BCUT2D eigenvalue weighted by molar-refractivity contribution is 5.75. The highest BCUT2D eigenvalue weighted by Gasteiger charge is 2.11. The second-order valence-electron chi connectivity index (χ2n) is 7.09. The zero-order chi connectivity index (χ0) is 17.6. The molecule has 0 aliphatic rings. The molecule has 3 aromatic rings. The van der Waals surface area contributed by atoms with Crippen molar-refractivity contribution in [3.05, 3.63) is 59.9 Å². The van der Waals surface area contributed by atoms with Gasteiger partial charge in [-0.15, -0.1) is 0 Å². The molecule has 3 nitrogen and oxygen atoms in total. The molecule has 0 saturated heterocycles. The summed E-state index contributed by atoms with van der Waals surface area (Å²) in [7, 11) is 0. The first-order valence-electron chi connectivity index (χ1n) is 9.27. The molecule has 132 valence electrons. The lowest BCUT2D eigenvalue weighted by molar-refractivity contribution is 0.301. The highest BCUT2D eigenvalue weighted by atomic mass is 16.5. The van der Waals surface area contributed by atoms with E-state index in [-0.39, 0.29) is 0 Å². The fourth-order valence-corrected chi connectivity index (χ4v) is 3.17. The topological polar surface area (TPSA) is 27.1 Å². The van der Waals surface area contributed by atoms with Gasteiger partial charge in [0, 0.05) is 13.0 Å². The van der Waals surface area contributed by atoms with E-state index >= 15 is 0 Å². The Hall–Kier alpha value is -2.29. The predicted molar refractivity (Wildman–Crippen MR) is 104 cm³/mol. The van der Waals surface area contributed by atoms with Gasteiger partial charge in [-0.05, 0) is 49.4 Å². The minimum Gasteiger partial charge on any atom is -0.493 e. The summed E-state index contributed by atoms with van der Waals surface area (Å²) in [5.41, 5.74) is 3.55. The van der Waals surface area contributed by atoms with Crippen molar-refractivity contribution in [2.75, 3.05) is 6.61 Å². The highest BCUT2D eigenvalue weighted by Crippen LogP contribution is 2.20. The molecule has 0 aliphatic carbocycles. The normalized spacial score (nSPS) is 11.4. The van der Waals surface area contributed by atoms with Crippen LogP contribution in [0.15, 0.2) is 48.5 Å². The largest absolute Gasteiger partial charge is 0.493 e. The Kier molecular flexibility index (Phi) is 5.75. The number of imidazole rings is 1. The van der Waals surface area contributed by atoms with Gasteiger partial charge < -0.3 is 9.30 Å². The minimum atomic E-state index is 0.611. The second kappa shape index (κ2) is 8.19. The second-order valence-corrected chi connectivity index (χ2v) is 7.09. The SMILES string of the molecule is Cc1ccccc1OCCCCn1c(CC(C)C)nc2ccccc21. The fraction of sp³-hybridized carbons (Fsp3) is 0.409. The lowest BCUT2D eigenvalue weighted by Crippen LogP contribution is -2.08. The lowest BCUT2D eigenvalue weighted by Gasteiger charge is -2.12. The summed E-state index contributed by atoms with van der Waals surface area (Å²) in [5, 5.41) is 0. The van der Waals surface area contributed by atoms with Crippen LogP contribution >= 0.6 is 0 Å². The van der Waals surface area contributed by atoms with Crippen molar-refractivity contribution in [2.24, 2.45) is 5.92 Å². The van der Waals surface area contributed by atoms with Crippen molar-refractivity contribution in [3.63, 3.8) is 0 Å². The van der Waals surface area contributed by atoms with Gasteiger partial charge in [0.15, 0.2) is 0 Å². The van der Waals surface area contributed by atoms with Crippen LogP contribution in [0, 0.1) is 12.8 Å². The summed E-state index contributed by atoms with van der Waals surface area (Å²) in [4.78, 5) is 4.84. The van der Waals surface area contributed by atoms with Crippen molar-refractivity contribution in [3.8, 4) is 5.75 Å². The molecule has 2 aromatic carbocycles. The van der Waals surface area contributed by atoms with E-state index in [4.69, 9.17) is 9.72 Å². The van der Waals surface area contributed by atoms with E-state index in [1.807, 2.05) is 18.2 Å².